The number of carbonyl (C=O) groups excluding carboxylic acids is 1. The first kappa shape index (κ1) is 12.9. The van der Waals surface area contributed by atoms with E-state index in [2.05, 4.69) is 0 Å². The maximum absolute atomic E-state index is 12.0. The number of ether oxygens (including phenoxy) is 2. The first-order chi connectivity index (χ1) is 8.79. The number of hydrogen-bond donors (Lipinski definition) is 0. The van der Waals surface area contributed by atoms with Gasteiger partial charge in [0, 0.05) is 12.0 Å². The smallest absolute Gasteiger partial charge is 0.173 e. The van der Waals surface area contributed by atoms with E-state index in [9.17, 15) is 4.79 Å². The average molecular weight is 248 g/mol. The van der Waals surface area contributed by atoms with Crippen LogP contribution in [0.3, 0.4) is 0 Å². The molecule has 98 valence electrons. The van der Waals surface area contributed by atoms with Gasteiger partial charge in [-0.1, -0.05) is 25.3 Å². The lowest BCUT2D eigenvalue weighted by Crippen LogP contribution is -2.23. The van der Waals surface area contributed by atoms with E-state index in [1.807, 2.05) is 18.2 Å². The Bertz CT molecular complexity index is 394. The van der Waals surface area contributed by atoms with Crippen LogP contribution in [0.4, 0.5) is 0 Å². The van der Waals surface area contributed by atoms with E-state index in [0.29, 0.717) is 5.75 Å². The number of carbonyl (C=O) groups is 1. The summed E-state index contributed by atoms with van der Waals surface area (Å²) in [5.74, 6) is 1.89. The molecule has 0 heterocycles. The summed E-state index contributed by atoms with van der Waals surface area (Å²) < 4.78 is 10.6. The minimum absolute atomic E-state index is 0.178. The summed E-state index contributed by atoms with van der Waals surface area (Å²) in [4.78, 5) is 12.0. The van der Waals surface area contributed by atoms with Gasteiger partial charge in [0.15, 0.2) is 5.78 Å². The largest absolute Gasteiger partial charge is 0.497 e. The van der Waals surface area contributed by atoms with Crippen LogP contribution in [0, 0.1) is 5.92 Å². The van der Waals surface area contributed by atoms with E-state index in [-0.39, 0.29) is 18.3 Å². The Morgan fingerprint density at radius 2 is 1.94 bits per heavy atom. The number of Topliss-reactive ketones (excluding diaryl/α,β-unsaturated/α-hetero) is 1. The Balaban J connectivity index is 1.84. The molecule has 0 radical (unpaired) electrons. The number of benzene rings is 1. The fraction of sp³-hybridized carbons (Fsp3) is 0.533. The van der Waals surface area contributed by atoms with Crippen molar-refractivity contribution in [3.8, 4) is 11.5 Å². The molecule has 0 unspecified atom stereocenters. The molecule has 1 aliphatic carbocycles. The maximum Gasteiger partial charge on any atom is 0.173 e. The highest BCUT2D eigenvalue weighted by molar-refractivity contribution is 5.82. The fourth-order valence-electron chi connectivity index (χ4n) is 2.39. The Morgan fingerprint density at radius 1 is 1.22 bits per heavy atom. The quantitative estimate of drug-likeness (QED) is 0.802. The molecular weight excluding hydrogens is 228 g/mol. The summed E-state index contributed by atoms with van der Waals surface area (Å²) in [6.45, 7) is 0.178. The first-order valence-electron chi connectivity index (χ1n) is 6.59. The molecule has 0 aliphatic heterocycles. The highest BCUT2D eigenvalue weighted by Gasteiger charge is 2.21. The van der Waals surface area contributed by atoms with Crippen LogP contribution >= 0.6 is 0 Å². The summed E-state index contributed by atoms with van der Waals surface area (Å²) in [7, 11) is 1.62. The average Bonchev–Trinajstić information content (AvgIpc) is 2.46. The second kappa shape index (κ2) is 6.43. The number of ketones is 1. The molecule has 0 aromatic heterocycles. The summed E-state index contributed by atoms with van der Waals surface area (Å²) >= 11 is 0. The fourth-order valence-corrected chi connectivity index (χ4v) is 2.39. The molecular formula is C15H20O3. The monoisotopic (exact) mass is 248 g/mol. The number of hydrogen-bond acceptors (Lipinski definition) is 3. The molecule has 0 atom stereocenters. The Morgan fingerprint density at radius 3 is 2.67 bits per heavy atom. The van der Waals surface area contributed by atoms with Gasteiger partial charge in [-0.05, 0) is 25.0 Å². The minimum atomic E-state index is 0.178. The first-order valence-corrected chi connectivity index (χ1v) is 6.59. The van der Waals surface area contributed by atoms with Crippen molar-refractivity contribution in [1.29, 1.82) is 0 Å². The van der Waals surface area contributed by atoms with Gasteiger partial charge >= 0.3 is 0 Å². The van der Waals surface area contributed by atoms with Crippen LogP contribution in [-0.4, -0.2) is 19.5 Å². The second-order valence-electron chi connectivity index (χ2n) is 4.77. The van der Waals surface area contributed by atoms with Crippen LogP contribution < -0.4 is 9.47 Å². The molecule has 1 aromatic carbocycles. The van der Waals surface area contributed by atoms with Crippen molar-refractivity contribution in [2.24, 2.45) is 5.92 Å². The standard InChI is InChI=1S/C15H20O3/c1-17-13-8-5-9-14(10-13)18-11-15(16)12-6-3-2-4-7-12/h5,8-10,12H,2-4,6-7,11H2,1H3. The van der Waals surface area contributed by atoms with Gasteiger partial charge in [-0.2, -0.15) is 0 Å². The van der Waals surface area contributed by atoms with Crippen molar-refractivity contribution in [1.82, 2.24) is 0 Å². The van der Waals surface area contributed by atoms with Crippen molar-refractivity contribution >= 4 is 5.78 Å². The van der Waals surface area contributed by atoms with Gasteiger partial charge in [0.05, 0.1) is 7.11 Å². The SMILES string of the molecule is COc1cccc(OCC(=O)C2CCCCC2)c1. The minimum Gasteiger partial charge on any atom is -0.497 e. The second-order valence-corrected chi connectivity index (χ2v) is 4.77. The highest BCUT2D eigenvalue weighted by Crippen LogP contribution is 2.25. The van der Waals surface area contributed by atoms with Gasteiger partial charge < -0.3 is 9.47 Å². The van der Waals surface area contributed by atoms with E-state index in [0.717, 1.165) is 18.6 Å². The molecule has 1 aliphatic rings. The molecule has 0 spiro atoms. The van der Waals surface area contributed by atoms with E-state index in [4.69, 9.17) is 9.47 Å². The van der Waals surface area contributed by atoms with Crippen molar-refractivity contribution in [2.75, 3.05) is 13.7 Å². The zero-order valence-corrected chi connectivity index (χ0v) is 10.9. The summed E-state index contributed by atoms with van der Waals surface area (Å²) in [6, 6.07) is 7.36. The van der Waals surface area contributed by atoms with Crippen LogP contribution in [0.15, 0.2) is 24.3 Å². The number of methoxy groups -OCH3 is 1. The molecule has 0 N–H and O–H groups in total. The highest BCUT2D eigenvalue weighted by atomic mass is 16.5. The van der Waals surface area contributed by atoms with Gasteiger partial charge in [-0.25, -0.2) is 0 Å². The Labute approximate surface area is 108 Å². The normalized spacial score (nSPS) is 16.3. The summed E-state index contributed by atoms with van der Waals surface area (Å²) in [5.41, 5.74) is 0. The summed E-state index contributed by atoms with van der Waals surface area (Å²) in [5, 5.41) is 0. The lowest BCUT2D eigenvalue weighted by atomic mass is 9.86. The van der Waals surface area contributed by atoms with E-state index < -0.39 is 0 Å². The molecule has 2 rings (SSSR count). The maximum atomic E-state index is 12.0. The molecule has 18 heavy (non-hydrogen) atoms. The van der Waals surface area contributed by atoms with Gasteiger partial charge in [0.1, 0.15) is 18.1 Å². The molecule has 0 saturated heterocycles. The number of rotatable bonds is 5. The Kier molecular flexibility index (Phi) is 4.62. The lowest BCUT2D eigenvalue weighted by Gasteiger charge is -2.20. The zero-order chi connectivity index (χ0) is 12.8. The Hall–Kier alpha value is -1.51. The molecule has 0 bridgehead atoms. The van der Waals surface area contributed by atoms with E-state index in [1.54, 1.807) is 13.2 Å². The van der Waals surface area contributed by atoms with Crippen LogP contribution in [0.25, 0.3) is 0 Å². The van der Waals surface area contributed by atoms with Crippen molar-refractivity contribution in [3.63, 3.8) is 0 Å². The predicted octanol–water partition coefficient (Wildman–Crippen LogP) is 3.22. The van der Waals surface area contributed by atoms with Crippen LogP contribution in [-0.2, 0) is 4.79 Å². The third-order valence-electron chi connectivity index (χ3n) is 3.48. The van der Waals surface area contributed by atoms with Gasteiger partial charge in [-0.3, -0.25) is 4.79 Å². The van der Waals surface area contributed by atoms with Crippen molar-refractivity contribution < 1.29 is 14.3 Å². The molecule has 3 heteroatoms. The molecule has 0 amide bonds. The van der Waals surface area contributed by atoms with Crippen molar-refractivity contribution in [3.05, 3.63) is 24.3 Å². The topological polar surface area (TPSA) is 35.5 Å². The van der Waals surface area contributed by atoms with Gasteiger partial charge in [0.2, 0.25) is 0 Å². The van der Waals surface area contributed by atoms with Crippen molar-refractivity contribution in [2.45, 2.75) is 32.1 Å². The van der Waals surface area contributed by atoms with Crippen LogP contribution in [0.5, 0.6) is 11.5 Å². The third kappa shape index (κ3) is 3.49. The molecule has 3 nitrogen and oxygen atoms in total. The van der Waals surface area contributed by atoms with Gasteiger partial charge in [-0.15, -0.1) is 0 Å². The zero-order valence-electron chi connectivity index (χ0n) is 10.9. The van der Waals surface area contributed by atoms with E-state index in [1.165, 1.54) is 19.3 Å². The van der Waals surface area contributed by atoms with Crippen LogP contribution in [0.2, 0.25) is 0 Å². The molecule has 1 aromatic rings. The molecule has 1 saturated carbocycles. The van der Waals surface area contributed by atoms with Crippen LogP contribution in [0.1, 0.15) is 32.1 Å². The summed E-state index contributed by atoms with van der Waals surface area (Å²) in [6.07, 6.45) is 5.67. The lowest BCUT2D eigenvalue weighted by molar-refractivity contribution is -0.125. The third-order valence-corrected chi connectivity index (χ3v) is 3.48. The van der Waals surface area contributed by atoms with Gasteiger partial charge in [0.25, 0.3) is 0 Å². The predicted molar refractivity (Wildman–Crippen MR) is 70.1 cm³/mol. The molecule has 1 fully saturated rings. The van der Waals surface area contributed by atoms with E-state index >= 15 is 0 Å².